The standard InChI is InChI=1S/C19H23FN2O3/c20-14-3-5-15(6-4-14)21-7-9-22(10-8-21)18(23)16-12-1-2-13(11-12)17(16)19(24)25/h3-6,12-13,16-17H,1-2,7-11H2,(H,24,25)/t12-,13-,16+,17-/m0/s1. The van der Waals surface area contributed by atoms with Crippen LogP contribution in [0.1, 0.15) is 19.3 Å². The van der Waals surface area contributed by atoms with Crippen LogP contribution in [0.25, 0.3) is 0 Å². The Hall–Kier alpha value is -2.11. The van der Waals surface area contributed by atoms with Crippen LogP contribution in [0, 0.1) is 29.5 Å². The number of halogens is 1. The number of carboxylic acids is 1. The Balaban J connectivity index is 1.41. The van der Waals surface area contributed by atoms with E-state index in [9.17, 15) is 19.1 Å². The van der Waals surface area contributed by atoms with Crippen molar-refractivity contribution in [1.82, 2.24) is 4.90 Å². The van der Waals surface area contributed by atoms with Crippen molar-refractivity contribution < 1.29 is 19.1 Å². The van der Waals surface area contributed by atoms with Gasteiger partial charge in [-0.1, -0.05) is 0 Å². The number of hydrogen-bond acceptors (Lipinski definition) is 3. The number of nitrogens with zero attached hydrogens (tertiary/aromatic N) is 2. The number of carbonyl (C=O) groups is 2. The van der Waals surface area contributed by atoms with Gasteiger partial charge in [0.05, 0.1) is 11.8 Å². The number of fused-ring (bicyclic) bond motifs is 2. The van der Waals surface area contributed by atoms with Gasteiger partial charge in [-0.15, -0.1) is 0 Å². The highest BCUT2D eigenvalue weighted by molar-refractivity contribution is 5.86. The smallest absolute Gasteiger partial charge is 0.307 e. The molecule has 1 N–H and O–H groups in total. The molecule has 2 saturated carbocycles. The van der Waals surface area contributed by atoms with Crippen molar-refractivity contribution in [3.05, 3.63) is 30.1 Å². The van der Waals surface area contributed by atoms with E-state index >= 15 is 0 Å². The third-order valence-corrected chi connectivity index (χ3v) is 6.27. The zero-order valence-electron chi connectivity index (χ0n) is 14.1. The second-order valence-electron chi connectivity index (χ2n) is 7.51. The van der Waals surface area contributed by atoms with Crippen molar-refractivity contribution >= 4 is 17.6 Å². The van der Waals surface area contributed by atoms with E-state index in [1.807, 2.05) is 4.90 Å². The fraction of sp³-hybridized carbons (Fsp3) is 0.579. The minimum atomic E-state index is -0.810. The van der Waals surface area contributed by atoms with Crippen LogP contribution in [0.15, 0.2) is 24.3 Å². The summed E-state index contributed by atoms with van der Waals surface area (Å²) >= 11 is 0. The number of hydrogen-bond donors (Lipinski definition) is 1. The first-order chi connectivity index (χ1) is 12.0. The number of amides is 1. The van der Waals surface area contributed by atoms with Gasteiger partial charge in [0.2, 0.25) is 5.91 Å². The maximum Gasteiger partial charge on any atom is 0.307 e. The van der Waals surface area contributed by atoms with Crippen molar-refractivity contribution in [3.8, 4) is 0 Å². The van der Waals surface area contributed by atoms with Crippen LogP contribution in [-0.2, 0) is 9.59 Å². The van der Waals surface area contributed by atoms with Gasteiger partial charge in [0, 0.05) is 31.9 Å². The minimum absolute atomic E-state index is 0.0263. The van der Waals surface area contributed by atoms with E-state index in [0.29, 0.717) is 26.2 Å². The molecular formula is C19H23FN2O3. The number of rotatable bonds is 3. The molecule has 1 aliphatic heterocycles. The topological polar surface area (TPSA) is 60.9 Å². The fourth-order valence-electron chi connectivity index (χ4n) is 5.05. The third-order valence-electron chi connectivity index (χ3n) is 6.27. The summed E-state index contributed by atoms with van der Waals surface area (Å²) in [5.41, 5.74) is 0.955. The molecule has 2 aliphatic carbocycles. The predicted molar refractivity (Wildman–Crippen MR) is 90.6 cm³/mol. The summed E-state index contributed by atoms with van der Waals surface area (Å²) in [6.07, 6.45) is 2.83. The highest BCUT2D eigenvalue weighted by Gasteiger charge is 2.54. The summed E-state index contributed by atoms with van der Waals surface area (Å²) in [6, 6.07) is 6.39. The van der Waals surface area contributed by atoms with E-state index in [1.165, 1.54) is 12.1 Å². The fourth-order valence-corrected chi connectivity index (χ4v) is 5.05. The summed E-state index contributed by atoms with van der Waals surface area (Å²) in [7, 11) is 0. The Morgan fingerprint density at radius 3 is 2.16 bits per heavy atom. The Morgan fingerprint density at radius 1 is 0.960 bits per heavy atom. The first kappa shape index (κ1) is 16.4. The lowest BCUT2D eigenvalue weighted by atomic mass is 9.78. The minimum Gasteiger partial charge on any atom is -0.481 e. The molecule has 1 heterocycles. The van der Waals surface area contributed by atoms with Gasteiger partial charge >= 0.3 is 5.97 Å². The number of aliphatic carboxylic acids is 1. The van der Waals surface area contributed by atoms with E-state index in [0.717, 1.165) is 24.9 Å². The van der Waals surface area contributed by atoms with Crippen LogP contribution in [-0.4, -0.2) is 48.1 Å². The highest BCUT2D eigenvalue weighted by atomic mass is 19.1. The first-order valence-corrected chi connectivity index (χ1v) is 9.06. The van der Waals surface area contributed by atoms with Crippen LogP contribution in [0.4, 0.5) is 10.1 Å². The van der Waals surface area contributed by atoms with Crippen LogP contribution in [0.3, 0.4) is 0 Å². The number of anilines is 1. The van der Waals surface area contributed by atoms with Gasteiger partial charge in [0.15, 0.2) is 0 Å². The van der Waals surface area contributed by atoms with Gasteiger partial charge in [0.25, 0.3) is 0 Å². The first-order valence-electron chi connectivity index (χ1n) is 9.06. The second kappa shape index (κ2) is 6.32. The lowest BCUT2D eigenvalue weighted by molar-refractivity contribution is -0.153. The second-order valence-corrected chi connectivity index (χ2v) is 7.51. The van der Waals surface area contributed by atoms with E-state index < -0.39 is 11.9 Å². The van der Waals surface area contributed by atoms with Crippen LogP contribution in [0.2, 0.25) is 0 Å². The van der Waals surface area contributed by atoms with Crippen molar-refractivity contribution in [1.29, 1.82) is 0 Å². The van der Waals surface area contributed by atoms with Crippen LogP contribution < -0.4 is 4.90 Å². The van der Waals surface area contributed by atoms with Gasteiger partial charge in [0.1, 0.15) is 5.82 Å². The summed E-state index contributed by atoms with van der Waals surface area (Å²) in [5.74, 6) is -1.46. The molecule has 6 heteroatoms. The molecule has 1 amide bonds. The third kappa shape index (κ3) is 2.87. The normalized spacial score (nSPS) is 31.4. The summed E-state index contributed by atoms with van der Waals surface area (Å²) in [5, 5.41) is 9.56. The number of carbonyl (C=O) groups excluding carboxylic acids is 1. The van der Waals surface area contributed by atoms with Gasteiger partial charge in [-0.3, -0.25) is 9.59 Å². The maximum absolute atomic E-state index is 13.1. The number of benzene rings is 1. The predicted octanol–water partition coefficient (Wildman–Crippen LogP) is 2.22. The van der Waals surface area contributed by atoms with E-state index in [-0.39, 0.29) is 29.5 Å². The zero-order chi connectivity index (χ0) is 17.6. The van der Waals surface area contributed by atoms with Gasteiger partial charge in [-0.25, -0.2) is 4.39 Å². The molecule has 5 nitrogen and oxygen atoms in total. The average molecular weight is 346 g/mol. The van der Waals surface area contributed by atoms with E-state index in [1.54, 1.807) is 12.1 Å². The molecule has 2 bridgehead atoms. The largest absolute Gasteiger partial charge is 0.481 e. The van der Waals surface area contributed by atoms with Gasteiger partial charge in [-0.05, 0) is 55.4 Å². The monoisotopic (exact) mass is 346 g/mol. The molecule has 4 rings (SSSR count). The zero-order valence-corrected chi connectivity index (χ0v) is 14.1. The lowest BCUT2D eigenvalue weighted by Crippen LogP contribution is -2.52. The summed E-state index contributed by atoms with van der Waals surface area (Å²) in [6.45, 7) is 2.57. The van der Waals surface area contributed by atoms with E-state index in [2.05, 4.69) is 4.90 Å². The number of carboxylic acid groups (broad SMARTS) is 1. The molecule has 0 radical (unpaired) electrons. The van der Waals surface area contributed by atoms with Gasteiger partial charge in [-0.2, -0.15) is 0 Å². The molecule has 3 aliphatic rings. The Morgan fingerprint density at radius 2 is 1.56 bits per heavy atom. The van der Waals surface area contributed by atoms with Crippen molar-refractivity contribution in [2.45, 2.75) is 19.3 Å². The molecule has 134 valence electrons. The van der Waals surface area contributed by atoms with Crippen molar-refractivity contribution in [2.75, 3.05) is 31.1 Å². The average Bonchev–Trinajstić information content (AvgIpc) is 3.23. The lowest BCUT2D eigenvalue weighted by Gasteiger charge is -2.39. The molecule has 3 fully saturated rings. The molecule has 1 saturated heterocycles. The molecule has 0 unspecified atom stereocenters. The summed E-state index contributed by atoms with van der Waals surface area (Å²) < 4.78 is 13.1. The molecule has 1 aromatic rings. The van der Waals surface area contributed by atoms with E-state index in [4.69, 9.17) is 0 Å². The molecule has 25 heavy (non-hydrogen) atoms. The molecule has 4 atom stereocenters. The molecule has 1 aromatic carbocycles. The quantitative estimate of drug-likeness (QED) is 0.912. The van der Waals surface area contributed by atoms with Crippen molar-refractivity contribution in [3.63, 3.8) is 0 Å². The van der Waals surface area contributed by atoms with Crippen LogP contribution in [0.5, 0.6) is 0 Å². The SMILES string of the molecule is O=C(O)[C@H]1[C@H]2CC[C@@H](C2)[C@H]1C(=O)N1CCN(c2ccc(F)cc2)CC1. The Labute approximate surface area is 146 Å². The maximum atomic E-state index is 13.1. The van der Waals surface area contributed by atoms with Crippen molar-refractivity contribution in [2.24, 2.45) is 23.7 Å². The number of piperazine rings is 1. The molecule has 0 spiro atoms. The molecule has 0 aromatic heterocycles. The Bertz CT molecular complexity index is 670. The van der Waals surface area contributed by atoms with Gasteiger partial charge < -0.3 is 14.9 Å². The summed E-state index contributed by atoms with van der Waals surface area (Å²) in [4.78, 5) is 28.6. The van der Waals surface area contributed by atoms with Crippen LogP contribution >= 0.6 is 0 Å². The highest BCUT2D eigenvalue weighted by Crippen LogP contribution is 2.53. The Kier molecular flexibility index (Phi) is 4.13. The molecular weight excluding hydrogens is 323 g/mol.